The fourth-order valence-electron chi connectivity index (χ4n) is 1.28. The highest BCUT2D eigenvalue weighted by molar-refractivity contribution is 4.73. The lowest BCUT2D eigenvalue weighted by molar-refractivity contribution is -0.770. The first-order valence-electron chi connectivity index (χ1n) is 3.65. The van der Waals surface area contributed by atoms with Gasteiger partial charge in [0, 0.05) is 0 Å². The van der Waals surface area contributed by atoms with E-state index in [0.29, 0.717) is 12.8 Å². The lowest BCUT2D eigenvalue weighted by Gasteiger charge is -2.23. The molecule has 1 aliphatic rings. The standard InChI is InChI=1S/C6H10FNO3/c7-5-3-1-2-4-6(5)11-8(9)10/h5-6H,1-4H2/t5-,6-/m0/s1. The fraction of sp³-hybridized carbons (Fsp3) is 1.00. The predicted octanol–water partition coefficient (Wildman–Crippen LogP) is 1.48. The summed E-state index contributed by atoms with van der Waals surface area (Å²) in [6.45, 7) is 0. The molecule has 1 saturated carbocycles. The van der Waals surface area contributed by atoms with E-state index in [9.17, 15) is 14.5 Å². The maximum Gasteiger partial charge on any atom is 0.294 e. The van der Waals surface area contributed by atoms with Crippen LogP contribution in [0.15, 0.2) is 0 Å². The first-order valence-corrected chi connectivity index (χ1v) is 3.65. The Morgan fingerprint density at radius 1 is 1.45 bits per heavy atom. The monoisotopic (exact) mass is 163 g/mol. The molecular formula is C6H10FNO3. The number of alkyl halides is 1. The van der Waals surface area contributed by atoms with Crippen LogP contribution >= 0.6 is 0 Å². The first-order chi connectivity index (χ1) is 5.20. The minimum atomic E-state index is -1.16. The van der Waals surface area contributed by atoms with Gasteiger partial charge in [-0.25, -0.2) is 4.39 Å². The normalized spacial score (nSPS) is 31.4. The Bertz CT molecular complexity index is 153. The molecule has 0 N–H and O–H groups in total. The van der Waals surface area contributed by atoms with Crippen LogP contribution in [0.5, 0.6) is 0 Å². The van der Waals surface area contributed by atoms with Crippen molar-refractivity contribution in [2.45, 2.75) is 38.0 Å². The minimum absolute atomic E-state index is 0.387. The van der Waals surface area contributed by atoms with Gasteiger partial charge in [0.05, 0.1) is 0 Å². The second-order valence-electron chi connectivity index (χ2n) is 2.67. The van der Waals surface area contributed by atoms with Gasteiger partial charge < -0.3 is 4.84 Å². The highest BCUT2D eigenvalue weighted by Gasteiger charge is 2.27. The van der Waals surface area contributed by atoms with Gasteiger partial charge in [0.15, 0.2) is 0 Å². The zero-order valence-corrected chi connectivity index (χ0v) is 6.03. The molecule has 1 fully saturated rings. The topological polar surface area (TPSA) is 52.4 Å². The lowest BCUT2D eigenvalue weighted by Crippen LogP contribution is -2.30. The Hall–Kier alpha value is -0.870. The van der Waals surface area contributed by atoms with E-state index in [0.717, 1.165) is 12.8 Å². The zero-order valence-electron chi connectivity index (χ0n) is 6.03. The first kappa shape index (κ1) is 8.23. The highest BCUT2D eigenvalue weighted by atomic mass is 19.1. The van der Waals surface area contributed by atoms with Gasteiger partial charge in [0.2, 0.25) is 0 Å². The van der Waals surface area contributed by atoms with E-state index in [4.69, 9.17) is 0 Å². The summed E-state index contributed by atoms with van der Waals surface area (Å²) >= 11 is 0. The summed E-state index contributed by atoms with van der Waals surface area (Å²) in [5.74, 6) is 0. The molecule has 5 heteroatoms. The van der Waals surface area contributed by atoms with Crippen LogP contribution in [0.4, 0.5) is 4.39 Å². The van der Waals surface area contributed by atoms with Gasteiger partial charge in [0.1, 0.15) is 12.3 Å². The Morgan fingerprint density at radius 2 is 2.09 bits per heavy atom. The van der Waals surface area contributed by atoms with E-state index in [1.165, 1.54) is 0 Å². The van der Waals surface area contributed by atoms with Crippen LogP contribution in [0.2, 0.25) is 0 Å². The van der Waals surface area contributed by atoms with Crippen molar-refractivity contribution in [3.8, 4) is 0 Å². The van der Waals surface area contributed by atoms with Crippen LogP contribution in [0, 0.1) is 10.1 Å². The zero-order chi connectivity index (χ0) is 8.27. The van der Waals surface area contributed by atoms with Crippen LogP contribution < -0.4 is 0 Å². The van der Waals surface area contributed by atoms with Gasteiger partial charge in [-0.2, -0.15) is 0 Å². The summed E-state index contributed by atoms with van der Waals surface area (Å²) in [6, 6.07) is 0. The molecule has 0 bridgehead atoms. The van der Waals surface area contributed by atoms with Crippen LogP contribution in [-0.2, 0) is 4.84 Å². The number of hydrogen-bond acceptors (Lipinski definition) is 3. The predicted molar refractivity (Wildman–Crippen MR) is 35.2 cm³/mol. The molecule has 0 spiro atoms. The van der Waals surface area contributed by atoms with Gasteiger partial charge in [0.25, 0.3) is 5.09 Å². The lowest BCUT2D eigenvalue weighted by atomic mass is 9.96. The molecular weight excluding hydrogens is 153 g/mol. The Balaban J connectivity index is 2.35. The van der Waals surface area contributed by atoms with Crippen molar-refractivity contribution >= 4 is 0 Å². The van der Waals surface area contributed by atoms with Crippen LogP contribution in [0.3, 0.4) is 0 Å². The summed E-state index contributed by atoms with van der Waals surface area (Å²) < 4.78 is 12.8. The highest BCUT2D eigenvalue weighted by Crippen LogP contribution is 2.23. The van der Waals surface area contributed by atoms with E-state index in [2.05, 4.69) is 4.84 Å². The van der Waals surface area contributed by atoms with Gasteiger partial charge in [-0.05, 0) is 12.8 Å². The van der Waals surface area contributed by atoms with Crippen LogP contribution in [0.1, 0.15) is 25.7 Å². The second kappa shape index (κ2) is 3.50. The number of hydrogen-bond donors (Lipinski definition) is 0. The Labute approximate surface area is 63.4 Å². The molecule has 1 rings (SSSR count). The third kappa shape index (κ3) is 2.32. The minimum Gasteiger partial charge on any atom is -0.308 e. The van der Waals surface area contributed by atoms with Gasteiger partial charge in [-0.1, -0.05) is 12.8 Å². The molecule has 0 aromatic carbocycles. The number of nitrogens with zero attached hydrogens (tertiary/aromatic N) is 1. The summed E-state index contributed by atoms with van der Waals surface area (Å²) in [5.41, 5.74) is 0. The van der Waals surface area contributed by atoms with Gasteiger partial charge in [-0.3, -0.25) is 0 Å². The molecule has 0 radical (unpaired) electrons. The molecule has 2 atom stereocenters. The van der Waals surface area contributed by atoms with Crippen LogP contribution in [0.25, 0.3) is 0 Å². The van der Waals surface area contributed by atoms with E-state index >= 15 is 0 Å². The number of halogens is 1. The Morgan fingerprint density at radius 3 is 2.64 bits per heavy atom. The molecule has 0 aromatic heterocycles. The molecule has 4 nitrogen and oxygen atoms in total. The van der Waals surface area contributed by atoms with E-state index in [1.807, 2.05) is 0 Å². The Kier molecular flexibility index (Phi) is 2.62. The summed E-state index contributed by atoms with van der Waals surface area (Å²) in [7, 11) is 0. The van der Waals surface area contributed by atoms with Gasteiger partial charge >= 0.3 is 0 Å². The fourth-order valence-corrected chi connectivity index (χ4v) is 1.28. The molecule has 1 aliphatic carbocycles. The van der Waals surface area contributed by atoms with Crippen molar-refractivity contribution in [2.24, 2.45) is 0 Å². The smallest absolute Gasteiger partial charge is 0.294 e. The molecule has 0 unspecified atom stereocenters. The largest absolute Gasteiger partial charge is 0.308 e. The van der Waals surface area contributed by atoms with Crippen molar-refractivity contribution in [3.05, 3.63) is 10.1 Å². The van der Waals surface area contributed by atoms with E-state index < -0.39 is 17.4 Å². The van der Waals surface area contributed by atoms with Crippen molar-refractivity contribution in [3.63, 3.8) is 0 Å². The summed E-state index contributed by atoms with van der Waals surface area (Å²) in [6.07, 6.45) is 0.492. The molecule has 11 heavy (non-hydrogen) atoms. The maximum atomic E-state index is 12.8. The quantitative estimate of drug-likeness (QED) is 0.457. The summed E-state index contributed by atoms with van der Waals surface area (Å²) in [5, 5.41) is 8.92. The molecule has 0 amide bonds. The van der Waals surface area contributed by atoms with Crippen molar-refractivity contribution in [1.82, 2.24) is 0 Å². The molecule has 64 valence electrons. The third-order valence-corrected chi connectivity index (χ3v) is 1.84. The van der Waals surface area contributed by atoms with E-state index in [1.54, 1.807) is 0 Å². The number of rotatable bonds is 2. The second-order valence-corrected chi connectivity index (χ2v) is 2.67. The van der Waals surface area contributed by atoms with Crippen molar-refractivity contribution in [2.75, 3.05) is 0 Å². The van der Waals surface area contributed by atoms with E-state index in [-0.39, 0.29) is 0 Å². The molecule has 0 aliphatic heterocycles. The third-order valence-electron chi connectivity index (χ3n) is 1.84. The maximum absolute atomic E-state index is 12.8. The van der Waals surface area contributed by atoms with Crippen molar-refractivity contribution < 1.29 is 14.3 Å². The molecule has 0 saturated heterocycles. The summed E-state index contributed by atoms with van der Waals surface area (Å²) in [4.78, 5) is 14.0. The SMILES string of the molecule is O=[N+]([O-])O[C@H]1CCCC[C@@H]1F. The average molecular weight is 163 g/mol. The average Bonchev–Trinajstić information content (AvgIpc) is 1.93. The molecule has 0 heterocycles. The van der Waals surface area contributed by atoms with Gasteiger partial charge in [-0.15, -0.1) is 10.1 Å². The van der Waals surface area contributed by atoms with Crippen LogP contribution in [-0.4, -0.2) is 17.4 Å². The van der Waals surface area contributed by atoms with Crippen molar-refractivity contribution in [1.29, 1.82) is 0 Å². The molecule has 0 aromatic rings.